The quantitative estimate of drug-likeness (QED) is 0.895. The van der Waals surface area contributed by atoms with E-state index in [9.17, 15) is 14.3 Å². The minimum Gasteiger partial charge on any atom is -0.493 e. The third-order valence-electron chi connectivity index (χ3n) is 6.41. The maximum atomic E-state index is 13.9. The highest BCUT2D eigenvalue weighted by Gasteiger charge is 2.45. The van der Waals surface area contributed by atoms with Crippen molar-refractivity contribution in [2.45, 2.75) is 37.8 Å². The smallest absolute Gasteiger partial charge is 0.257 e. The van der Waals surface area contributed by atoms with Gasteiger partial charge in [0.1, 0.15) is 0 Å². The van der Waals surface area contributed by atoms with Gasteiger partial charge >= 0.3 is 0 Å². The van der Waals surface area contributed by atoms with Gasteiger partial charge in [0, 0.05) is 19.1 Å². The van der Waals surface area contributed by atoms with E-state index in [4.69, 9.17) is 4.74 Å². The fraction of sp³-hybridized carbons (Fsp3) is 0.650. The topological polar surface area (TPSA) is 53.0 Å². The van der Waals surface area contributed by atoms with Crippen molar-refractivity contribution in [3.63, 3.8) is 0 Å². The number of aliphatic hydroxyl groups is 1. The van der Waals surface area contributed by atoms with Crippen molar-refractivity contribution in [1.82, 2.24) is 9.80 Å². The van der Waals surface area contributed by atoms with Crippen LogP contribution in [-0.4, -0.2) is 66.2 Å². The molecule has 1 amide bonds. The molecule has 3 fully saturated rings. The number of nitrogens with zero attached hydrogens (tertiary/aromatic N) is 2. The van der Waals surface area contributed by atoms with Crippen LogP contribution >= 0.6 is 0 Å². The number of rotatable bonds is 3. The van der Waals surface area contributed by atoms with E-state index in [2.05, 4.69) is 4.90 Å². The molecule has 26 heavy (non-hydrogen) atoms. The van der Waals surface area contributed by atoms with Crippen molar-refractivity contribution in [1.29, 1.82) is 0 Å². The van der Waals surface area contributed by atoms with Crippen molar-refractivity contribution < 1.29 is 19.0 Å². The lowest BCUT2D eigenvalue weighted by Crippen LogP contribution is -2.48. The molecule has 0 bridgehead atoms. The zero-order valence-electron chi connectivity index (χ0n) is 15.2. The van der Waals surface area contributed by atoms with Gasteiger partial charge in [0.15, 0.2) is 11.6 Å². The van der Waals surface area contributed by atoms with Crippen molar-refractivity contribution in [3.8, 4) is 5.75 Å². The lowest BCUT2D eigenvalue weighted by molar-refractivity contribution is -0.000865. The number of hydrogen-bond acceptors (Lipinski definition) is 4. The van der Waals surface area contributed by atoms with Crippen molar-refractivity contribution in [2.75, 3.05) is 33.3 Å². The van der Waals surface area contributed by atoms with Gasteiger partial charge in [0.25, 0.3) is 5.91 Å². The fourth-order valence-electron chi connectivity index (χ4n) is 5.09. The summed E-state index contributed by atoms with van der Waals surface area (Å²) in [5.74, 6) is 0.0599. The summed E-state index contributed by atoms with van der Waals surface area (Å²) in [6, 6.07) is 4.68. The summed E-state index contributed by atoms with van der Waals surface area (Å²) in [4.78, 5) is 17.2. The van der Waals surface area contributed by atoms with Crippen molar-refractivity contribution >= 4 is 5.91 Å². The summed E-state index contributed by atoms with van der Waals surface area (Å²) in [5, 5.41) is 10.6. The highest BCUT2D eigenvalue weighted by molar-refractivity contribution is 5.97. The van der Waals surface area contributed by atoms with Crippen LogP contribution in [0.3, 0.4) is 0 Å². The average molecular weight is 362 g/mol. The van der Waals surface area contributed by atoms with Crippen molar-refractivity contribution in [3.05, 3.63) is 29.6 Å². The van der Waals surface area contributed by atoms with Crippen LogP contribution in [0.1, 0.15) is 36.0 Å². The minimum atomic E-state index is -0.514. The summed E-state index contributed by atoms with van der Waals surface area (Å²) in [6.07, 6.45) is 3.79. The number of aliphatic hydroxyl groups excluding tert-OH is 1. The highest BCUT2D eigenvalue weighted by atomic mass is 19.1. The van der Waals surface area contributed by atoms with E-state index in [0.717, 1.165) is 25.9 Å². The number of hydrogen-bond donors (Lipinski definition) is 1. The molecule has 1 aromatic rings. The SMILES string of the molecule is COc1c(F)cccc1C(=O)N1C[C@H]2C[C@@H](N3CCCC3)[C@H](O)C[C@H]2C1. The monoisotopic (exact) mass is 362 g/mol. The van der Waals surface area contributed by atoms with Gasteiger partial charge in [0.2, 0.25) is 0 Å². The molecular weight excluding hydrogens is 335 g/mol. The minimum absolute atomic E-state index is 0.0161. The molecule has 1 N–H and O–H groups in total. The van der Waals surface area contributed by atoms with Crippen molar-refractivity contribution in [2.24, 2.45) is 11.8 Å². The molecule has 2 heterocycles. The van der Waals surface area contributed by atoms with E-state index in [1.807, 2.05) is 4.90 Å². The van der Waals surface area contributed by atoms with Gasteiger partial charge in [-0.1, -0.05) is 6.07 Å². The van der Waals surface area contributed by atoms with E-state index in [-0.39, 0.29) is 29.4 Å². The largest absolute Gasteiger partial charge is 0.493 e. The Morgan fingerprint density at radius 1 is 1.19 bits per heavy atom. The Morgan fingerprint density at radius 3 is 2.58 bits per heavy atom. The predicted octanol–water partition coefficient (Wildman–Crippen LogP) is 2.14. The summed E-state index contributed by atoms with van der Waals surface area (Å²) < 4.78 is 19.0. The Morgan fingerprint density at radius 2 is 1.88 bits per heavy atom. The fourth-order valence-corrected chi connectivity index (χ4v) is 5.09. The molecule has 1 aromatic carbocycles. The number of methoxy groups -OCH3 is 1. The number of ether oxygens (including phenoxy) is 1. The third-order valence-corrected chi connectivity index (χ3v) is 6.41. The average Bonchev–Trinajstić information content (AvgIpc) is 3.29. The molecule has 0 aromatic heterocycles. The number of halogens is 1. The standard InChI is InChI=1S/C20H27FN2O3/c1-26-19-15(5-4-6-16(19)21)20(25)23-11-13-9-17(22-7-2-3-8-22)18(24)10-14(13)12-23/h4-6,13-14,17-18,24H,2-3,7-12H2,1H3/t13-,14+,17-,18-/m1/s1. The number of carbonyl (C=O) groups is 1. The first-order valence-corrected chi connectivity index (χ1v) is 9.62. The maximum Gasteiger partial charge on any atom is 0.257 e. The second-order valence-electron chi connectivity index (χ2n) is 7.90. The zero-order valence-corrected chi connectivity index (χ0v) is 15.2. The number of fused-ring (bicyclic) bond motifs is 1. The number of likely N-dealkylation sites (tertiary alicyclic amines) is 2. The molecule has 4 rings (SSSR count). The van der Waals surface area contributed by atoms with Crippen LogP contribution in [0.25, 0.3) is 0 Å². The van der Waals surface area contributed by atoms with E-state index in [0.29, 0.717) is 24.9 Å². The Kier molecular flexibility index (Phi) is 4.88. The zero-order chi connectivity index (χ0) is 18.3. The molecule has 142 valence electrons. The molecule has 2 aliphatic heterocycles. The highest BCUT2D eigenvalue weighted by Crippen LogP contribution is 2.40. The number of para-hydroxylation sites is 1. The summed E-state index contributed by atoms with van der Waals surface area (Å²) in [5.41, 5.74) is 0.280. The van der Waals surface area contributed by atoms with E-state index in [1.54, 1.807) is 12.1 Å². The van der Waals surface area contributed by atoms with Gasteiger partial charge in [-0.3, -0.25) is 9.69 Å². The Bertz CT molecular complexity index is 677. The van der Waals surface area contributed by atoms with Crippen LogP contribution in [0.2, 0.25) is 0 Å². The van der Waals surface area contributed by atoms with Crippen LogP contribution in [0.4, 0.5) is 4.39 Å². The van der Waals surface area contributed by atoms with Gasteiger partial charge in [-0.2, -0.15) is 0 Å². The van der Waals surface area contributed by atoms with Crippen LogP contribution in [0.5, 0.6) is 5.75 Å². The molecule has 0 spiro atoms. The number of amides is 1. The first-order chi connectivity index (χ1) is 12.6. The number of benzene rings is 1. The molecule has 4 atom stereocenters. The Balaban J connectivity index is 1.48. The molecule has 2 saturated heterocycles. The molecule has 1 saturated carbocycles. The second-order valence-corrected chi connectivity index (χ2v) is 7.90. The molecule has 1 aliphatic carbocycles. The molecule has 3 aliphatic rings. The van der Waals surface area contributed by atoms with E-state index < -0.39 is 5.82 Å². The van der Waals surface area contributed by atoms with E-state index in [1.165, 1.54) is 26.0 Å². The second kappa shape index (κ2) is 7.16. The summed E-state index contributed by atoms with van der Waals surface area (Å²) in [6.45, 7) is 3.46. The maximum absolute atomic E-state index is 13.9. The molecule has 6 heteroatoms. The Labute approximate surface area is 153 Å². The van der Waals surface area contributed by atoms with Gasteiger partial charge in [-0.15, -0.1) is 0 Å². The predicted molar refractivity (Wildman–Crippen MR) is 95.7 cm³/mol. The molecular formula is C20H27FN2O3. The summed E-state index contributed by atoms with van der Waals surface area (Å²) >= 11 is 0. The molecule has 0 unspecified atom stereocenters. The lowest BCUT2D eigenvalue weighted by atomic mass is 9.77. The lowest BCUT2D eigenvalue weighted by Gasteiger charge is -2.40. The van der Waals surface area contributed by atoms with Gasteiger partial charge in [-0.25, -0.2) is 4.39 Å². The molecule has 5 nitrogen and oxygen atoms in total. The number of carbonyl (C=O) groups excluding carboxylic acids is 1. The van der Waals surface area contributed by atoms with E-state index >= 15 is 0 Å². The van der Waals surface area contributed by atoms with Gasteiger partial charge in [0.05, 0.1) is 18.8 Å². The Hall–Kier alpha value is -1.66. The first-order valence-electron chi connectivity index (χ1n) is 9.62. The van der Waals surface area contributed by atoms with Gasteiger partial charge in [-0.05, 0) is 62.7 Å². The molecule has 0 radical (unpaired) electrons. The summed E-state index contributed by atoms with van der Waals surface area (Å²) in [7, 11) is 1.38. The van der Waals surface area contributed by atoms with Crippen LogP contribution in [0.15, 0.2) is 18.2 Å². The first kappa shape index (κ1) is 17.7. The van der Waals surface area contributed by atoms with Gasteiger partial charge < -0.3 is 14.7 Å². The van der Waals surface area contributed by atoms with Crippen LogP contribution < -0.4 is 4.74 Å². The third kappa shape index (κ3) is 3.09. The normalized spacial score (nSPS) is 31.9. The van der Waals surface area contributed by atoms with Crippen LogP contribution in [-0.2, 0) is 0 Å². The van der Waals surface area contributed by atoms with Crippen LogP contribution in [0, 0.1) is 17.7 Å².